The average molecular weight is 352 g/mol. The summed E-state index contributed by atoms with van der Waals surface area (Å²) in [5.41, 5.74) is 0. The van der Waals surface area contributed by atoms with Gasteiger partial charge in [-0.05, 0) is 25.8 Å². The number of amides is 1. The Morgan fingerprint density at radius 2 is 2.17 bits per heavy atom. The van der Waals surface area contributed by atoms with Crippen molar-refractivity contribution in [2.24, 2.45) is 5.92 Å². The van der Waals surface area contributed by atoms with Gasteiger partial charge < -0.3 is 9.64 Å². The topological polar surface area (TPSA) is 46.6 Å². The summed E-state index contributed by atoms with van der Waals surface area (Å²) >= 11 is 7.80. The highest BCUT2D eigenvalue weighted by molar-refractivity contribution is 7.21. The molecule has 1 aliphatic rings. The molecule has 1 amide bonds. The van der Waals surface area contributed by atoms with Gasteiger partial charge in [0.2, 0.25) is 0 Å². The molecule has 1 aromatic carbocycles. The second-order valence-corrected chi connectivity index (χ2v) is 7.01. The van der Waals surface area contributed by atoms with Crippen LogP contribution >= 0.6 is 22.9 Å². The van der Waals surface area contributed by atoms with E-state index in [0.29, 0.717) is 29.6 Å². The normalized spacial score (nSPS) is 18.2. The first-order valence-corrected chi connectivity index (χ1v) is 8.94. The van der Waals surface area contributed by atoms with Crippen LogP contribution in [0.15, 0.2) is 24.3 Å². The number of hydrogen-bond donors (Lipinski definition) is 0. The molecule has 0 spiro atoms. The number of fused-ring (bicyclic) bond motifs is 1. The predicted molar refractivity (Wildman–Crippen MR) is 92.1 cm³/mol. The Bertz CT molecular complexity index is 743. The van der Waals surface area contributed by atoms with Crippen LogP contribution in [0.25, 0.3) is 10.1 Å². The van der Waals surface area contributed by atoms with Crippen LogP contribution in [0, 0.1) is 5.92 Å². The summed E-state index contributed by atoms with van der Waals surface area (Å²) in [6, 6.07) is 7.72. The molecule has 0 aliphatic carbocycles. The molecule has 1 atom stereocenters. The number of halogens is 1. The number of esters is 1. The van der Waals surface area contributed by atoms with Crippen LogP contribution in [0.4, 0.5) is 0 Å². The lowest BCUT2D eigenvalue weighted by molar-refractivity contribution is -0.149. The largest absolute Gasteiger partial charge is 0.466 e. The first-order valence-electron chi connectivity index (χ1n) is 7.74. The van der Waals surface area contributed by atoms with E-state index in [1.807, 2.05) is 24.3 Å². The molecule has 1 aliphatic heterocycles. The van der Waals surface area contributed by atoms with E-state index >= 15 is 0 Å². The zero-order valence-electron chi connectivity index (χ0n) is 12.9. The van der Waals surface area contributed by atoms with E-state index in [9.17, 15) is 9.59 Å². The summed E-state index contributed by atoms with van der Waals surface area (Å²) in [4.78, 5) is 27.0. The highest BCUT2D eigenvalue weighted by Gasteiger charge is 2.31. The van der Waals surface area contributed by atoms with Gasteiger partial charge in [-0.2, -0.15) is 0 Å². The molecule has 2 heterocycles. The predicted octanol–water partition coefficient (Wildman–Crippen LogP) is 3.97. The Labute approximate surface area is 144 Å². The Morgan fingerprint density at radius 1 is 1.39 bits per heavy atom. The highest BCUT2D eigenvalue weighted by Crippen LogP contribution is 2.36. The van der Waals surface area contributed by atoms with Gasteiger partial charge in [-0.3, -0.25) is 9.59 Å². The van der Waals surface area contributed by atoms with E-state index in [0.717, 1.165) is 22.9 Å². The third-order valence-electron chi connectivity index (χ3n) is 4.06. The van der Waals surface area contributed by atoms with Crippen molar-refractivity contribution in [3.8, 4) is 0 Å². The molecule has 122 valence electrons. The van der Waals surface area contributed by atoms with Crippen LogP contribution in [0.3, 0.4) is 0 Å². The second kappa shape index (κ2) is 6.89. The van der Waals surface area contributed by atoms with Crippen molar-refractivity contribution in [2.45, 2.75) is 19.8 Å². The summed E-state index contributed by atoms with van der Waals surface area (Å²) < 4.78 is 6.09. The van der Waals surface area contributed by atoms with E-state index in [1.54, 1.807) is 11.8 Å². The average Bonchev–Trinajstić information content (AvgIpc) is 2.92. The molecule has 4 nitrogen and oxygen atoms in total. The van der Waals surface area contributed by atoms with Gasteiger partial charge in [0, 0.05) is 23.2 Å². The standard InChI is InChI=1S/C17H18ClNO3S/c1-2-22-17(21)11-6-5-9-19(10-11)16(20)15-14(18)12-7-3-4-8-13(12)23-15/h3-4,7-8,11H,2,5-6,9-10H2,1H3/t11-/m1/s1. The molecule has 0 saturated carbocycles. The van der Waals surface area contributed by atoms with Crippen LogP contribution in [-0.2, 0) is 9.53 Å². The van der Waals surface area contributed by atoms with Crippen LogP contribution in [-0.4, -0.2) is 36.5 Å². The van der Waals surface area contributed by atoms with Crippen molar-refractivity contribution < 1.29 is 14.3 Å². The number of hydrogen-bond acceptors (Lipinski definition) is 4. The van der Waals surface area contributed by atoms with E-state index in [-0.39, 0.29) is 17.8 Å². The Kier molecular flexibility index (Phi) is 4.87. The van der Waals surface area contributed by atoms with E-state index < -0.39 is 0 Å². The molecular formula is C17H18ClNO3S. The first kappa shape index (κ1) is 16.3. The fraction of sp³-hybridized carbons (Fsp3) is 0.412. The lowest BCUT2D eigenvalue weighted by atomic mass is 9.98. The molecule has 1 saturated heterocycles. The minimum atomic E-state index is -0.235. The summed E-state index contributed by atoms with van der Waals surface area (Å²) in [5.74, 6) is -0.543. The van der Waals surface area contributed by atoms with Crippen molar-refractivity contribution in [3.05, 3.63) is 34.2 Å². The number of carbonyl (C=O) groups excluding carboxylic acids is 2. The van der Waals surface area contributed by atoms with E-state index in [1.165, 1.54) is 11.3 Å². The molecule has 0 bridgehead atoms. The number of ether oxygens (including phenoxy) is 1. The molecule has 1 aromatic heterocycles. The fourth-order valence-corrected chi connectivity index (χ4v) is 4.39. The van der Waals surface area contributed by atoms with Crippen LogP contribution in [0.2, 0.25) is 5.02 Å². The van der Waals surface area contributed by atoms with Crippen molar-refractivity contribution in [2.75, 3.05) is 19.7 Å². The lowest BCUT2D eigenvalue weighted by Crippen LogP contribution is -2.42. The summed E-state index contributed by atoms with van der Waals surface area (Å²) in [5, 5.41) is 1.41. The van der Waals surface area contributed by atoms with E-state index in [2.05, 4.69) is 0 Å². The van der Waals surface area contributed by atoms with Gasteiger partial charge in [-0.1, -0.05) is 29.8 Å². The Morgan fingerprint density at radius 3 is 2.91 bits per heavy atom. The first-order chi connectivity index (χ1) is 11.1. The maximum atomic E-state index is 12.8. The van der Waals surface area contributed by atoms with Gasteiger partial charge in [0.05, 0.1) is 17.5 Å². The van der Waals surface area contributed by atoms with Crippen LogP contribution in [0.5, 0.6) is 0 Å². The number of benzene rings is 1. The number of thiophene rings is 1. The number of likely N-dealkylation sites (tertiary alicyclic amines) is 1. The Balaban J connectivity index is 1.81. The van der Waals surface area contributed by atoms with Crippen molar-refractivity contribution in [1.29, 1.82) is 0 Å². The van der Waals surface area contributed by atoms with Crippen molar-refractivity contribution >= 4 is 44.9 Å². The third kappa shape index (κ3) is 3.21. The summed E-state index contributed by atoms with van der Waals surface area (Å²) in [6.07, 6.45) is 1.57. The lowest BCUT2D eigenvalue weighted by Gasteiger charge is -2.31. The molecule has 0 unspecified atom stereocenters. The van der Waals surface area contributed by atoms with Gasteiger partial charge in [0.1, 0.15) is 4.88 Å². The molecule has 0 radical (unpaired) electrons. The highest BCUT2D eigenvalue weighted by atomic mass is 35.5. The summed E-state index contributed by atoms with van der Waals surface area (Å²) in [7, 11) is 0. The van der Waals surface area contributed by atoms with Gasteiger partial charge in [-0.15, -0.1) is 11.3 Å². The van der Waals surface area contributed by atoms with Crippen molar-refractivity contribution in [1.82, 2.24) is 4.90 Å². The SMILES string of the molecule is CCOC(=O)[C@@H]1CCCN(C(=O)c2sc3ccccc3c2Cl)C1. The smallest absolute Gasteiger partial charge is 0.310 e. The number of carbonyl (C=O) groups is 2. The molecule has 2 aromatic rings. The van der Waals surface area contributed by atoms with Gasteiger partial charge in [-0.25, -0.2) is 0 Å². The summed E-state index contributed by atoms with van der Waals surface area (Å²) in [6.45, 7) is 3.22. The van der Waals surface area contributed by atoms with Crippen LogP contribution in [0.1, 0.15) is 29.4 Å². The van der Waals surface area contributed by atoms with E-state index in [4.69, 9.17) is 16.3 Å². The number of piperidine rings is 1. The molecule has 3 rings (SSSR count). The molecule has 6 heteroatoms. The molecule has 0 N–H and O–H groups in total. The maximum absolute atomic E-state index is 12.8. The zero-order valence-corrected chi connectivity index (χ0v) is 14.5. The molecular weight excluding hydrogens is 334 g/mol. The third-order valence-corrected chi connectivity index (χ3v) is 5.72. The second-order valence-electron chi connectivity index (χ2n) is 5.58. The Hall–Kier alpha value is -1.59. The minimum absolute atomic E-state index is 0.0924. The maximum Gasteiger partial charge on any atom is 0.310 e. The number of nitrogens with zero attached hydrogens (tertiary/aromatic N) is 1. The zero-order chi connectivity index (χ0) is 16.4. The molecule has 23 heavy (non-hydrogen) atoms. The quantitative estimate of drug-likeness (QED) is 0.786. The van der Waals surface area contributed by atoms with Crippen LogP contribution < -0.4 is 0 Å². The monoisotopic (exact) mass is 351 g/mol. The van der Waals surface area contributed by atoms with Gasteiger partial charge in [0.15, 0.2) is 0 Å². The fourth-order valence-electron chi connectivity index (χ4n) is 2.91. The molecule has 1 fully saturated rings. The van der Waals surface area contributed by atoms with Crippen molar-refractivity contribution in [3.63, 3.8) is 0 Å². The van der Waals surface area contributed by atoms with Gasteiger partial charge in [0.25, 0.3) is 5.91 Å². The van der Waals surface area contributed by atoms with Gasteiger partial charge >= 0.3 is 5.97 Å². The minimum Gasteiger partial charge on any atom is -0.466 e. The number of rotatable bonds is 3.